The first-order valence-electron chi connectivity index (χ1n) is 4.14. The lowest BCUT2D eigenvalue weighted by Gasteiger charge is -2.03. The van der Waals surface area contributed by atoms with E-state index in [1.165, 1.54) is 12.3 Å². The zero-order valence-electron chi connectivity index (χ0n) is 7.48. The van der Waals surface area contributed by atoms with E-state index in [0.717, 1.165) is 10.0 Å². The molecule has 0 fully saturated rings. The van der Waals surface area contributed by atoms with Crippen molar-refractivity contribution in [1.29, 1.82) is 0 Å². The Morgan fingerprint density at radius 3 is 2.80 bits per heavy atom. The SMILES string of the molecule is Oc1ccnc(-c2cc(Cl)ccc2Br)n1. The number of aromatic hydroxyl groups is 1. The van der Waals surface area contributed by atoms with Crippen LogP contribution in [0, 0.1) is 0 Å². The van der Waals surface area contributed by atoms with Gasteiger partial charge in [0.15, 0.2) is 5.82 Å². The molecule has 0 aliphatic heterocycles. The summed E-state index contributed by atoms with van der Waals surface area (Å²) in [6.07, 6.45) is 1.49. The average Bonchev–Trinajstić information content (AvgIpc) is 2.22. The van der Waals surface area contributed by atoms with Crippen LogP contribution in [-0.4, -0.2) is 15.1 Å². The van der Waals surface area contributed by atoms with Crippen LogP contribution >= 0.6 is 27.5 Å². The van der Waals surface area contributed by atoms with Gasteiger partial charge in [-0.3, -0.25) is 0 Å². The van der Waals surface area contributed by atoms with Gasteiger partial charge in [0.1, 0.15) is 0 Å². The second kappa shape index (κ2) is 4.16. The molecule has 1 aromatic heterocycles. The van der Waals surface area contributed by atoms with Gasteiger partial charge in [-0.25, -0.2) is 4.98 Å². The smallest absolute Gasteiger partial charge is 0.214 e. The molecule has 0 radical (unpaired) electrons. The van der Waals surface area contributed by atoms with E-state index in [2.05, 4.69) is 25.9 Å². The second-order valence-electron chi connectivity index (χ2n) is 2.86. The number of hydrogen-bond acceptors (Lipinski definition) is 3. The fraction of sp³-hybridized carbons (Fsp3) is 0. The lowest BCUT2D eigenvalue weighted by atomic mass is 10.2. The minimum atomic E-state index is -0.0631. The Bertz CT molecular complexity index is 505. The van der Waals surface area contributed by atoms with Gasteiger partial charge in [0, 0.05) is 27.3 Å². The molecule has 1 heterocycles. The van der Waals surface area contributed by atoms with Crippen LogP contribution < -0.4 is 0 Å². The van der Waals surface area contributed by atoms with Gasteiger partial charge >= 0.3 is 0 Å². The predicted molar refractivity (Wildman–Crippen MR) is 61.8 cm³/mol. The van der Waals surface area contributed by atoms with Crippen LogP contribution in [0.5, 0.6) is 5.88 Å². The summed E-state index contributed by atoms with van der Waals surface area (Å²) in [6.45, 7) is 0. The molecule has 0 saturated carbocycles. The van der Waals surface area contributed by atoms with E-state index >= 15 is 0 Å². The maximum Gasteiger partial charge on any atom is 0.214 e. The van der Waals surface area contributed by atoms with Gasteiger partial charge in [-0.2, -0.15) is 4.98 Å². The van der Waals surface area contributed by atoms with E-state index in [-0.39, 0.29) is 5.88 Å². The molecule has 0 bridgehead atoms. The van der Waals surface area contributed by atoms with Crippen LogP contribution in [-0.2, 0) is 0 Å². The predicted octanol–water partition coefficient (Wildman–Crippen LogP) is 3.27. The van der Waals surface area contributed by atoms with Crippen LogP contribution in [0.2, 0.25) is 5.02 Å². The first-order chi connectivity index (χ1) is 7.16. The highest BCUT2D eigenvalue weighted by Crippen LogP contribution is 2.28. The average molecular weight is 286 g/mol. The molecule has 0 aliphatic rings. The Morgan fingerprint density at radius 1 is 1.27 bits per heavy atom. The van der Waals surface area contributed by atoms with E-state index in [9.17, 15) is 5.11 Å². The minimum Gasteiger partial charge on any atom is -0.493 e. The molecular formula is C10H6BrClN2O. The Labute approximate surface area is 99.9 Å². The van der Waals surface area contributed by atoms with Gasteiger partial charge < -0.3 is 5.11 Å². The van der Waals surface area contributed by atoms with E-state index in [0.29, 0.717) is 10.8 Å². The van der Waals surface area contributed by atoms with Gasteiger partial charge in [0.05, 0.1) is 0 Å². The van der Waals surface area contributed by atoms with Crippen molar-refractivity contribution in [3.05, 3.63) is 40.0 Å². The number of benzene rings is 1. The summed E-state index contributed by atoms with van der Waals surface area (Å²) in [5.74, 6) is 0.372. The number of rotatable bonds is 1. The Morgan fingerprint density at radius 2 is 2.07 bits per heavy atom. The summed E-state index contributed by atoms with van der Waals surface area (Å²) in [6, 6.07) is 6.73. The first kappa shape index (κ1) is 10.4. The molecule has 1 N–H and O–H groups in total. The largest absolute Gasteiger partial charge is 0.493 e. The minimum absolute atomic E-state index is 0.0631. The van der Waals surface area contributed by atoms with Crippen LogP contribution in [0.25, 0.3) is 11.4 Å². The summed E-state index contributed by atoms with van der Waals surface area (Å²) in [5, 5.41) is 9.83. The van der Waals surface area contributed by atoms with E-state index in [1.807, 2.05) is 6.07 Å². The maximum absolute atomic E-state index is 9.24. The molecule has 0 spiro atoms. The number of aromatic nitrogens is 2. The van der Waals surface area contributed by atoms with E-state index in [4.69, 9.17) is 11.6 Å². The second-order valence-corrected chi connectivity index (χ2v) is 4.15. The van der Waals surface area contributed by atoms with E-state index in [1.54, 1.807) is 12.1 Å². The summed E-state index contributed by atoms with van der Waals surface area (Å²) < 4.78 is 0.831. The topological polar surface area (TPSA) is 46.0 Å². The maximum atomic E-state index is 9.24. The number of hydrogen-bond donors (Lipinski definition) is 1. The molecule has 1 aromatic carbocycles. The molecule has 0 atom stereocenters. The molecule has 0 unspecified atom stereocenters. The highest BCUT2D eigenvalue weighted by Gasteiger charge is 2.07. The third kappa shape index (κ3) is 2.27. The van der Waals surface area contributed by atoms with Crippen LogP contribution in [0.4, 0.5) is 0 Å². The van der Waals surface area contributed by atoms with Gasteiger partial charge in [-0.05, 0) is 18.2 Å². The molecule has 15 heavy (non-hydrogen) atoms. The van der Waals surface area contributed by atoms with Crippen molar-refractivity contribution < 1.29 is 5.11 Å². The van der Waals surface area contributed by atoms with Gasteiger partial charge in [0.25, 0.3) is 0 Å². The standard InChI is InChI=1S/C10H6BrClN2O/c11-8-2-1-6(12)5-7(8)10-13-4-3-9(15)14-10/h1-5H,(H,13,14,15). The van der Waals surface area contributed by atoms with Crippen molar-refractivity contribution in [3.63, 3.8) is 0 Å². The molecule has 76 valence electrons. The molecule has 0 aliphatic carbocycles. The number of halogens is 2. The monoisotopic (exact) mass is 284 g/mol. The van der Waals surface area contributed by atoms with Crippen LogP contribution in [0.1, 0.15) is 0 Å². The van der Waals surface area contributed by atoms with Crippen molar-refractivity contribution in [2.24, 2.45) is 0 Å². The van der Waals surface area contributed by atoms with Crippen LogP contribution in [0.15, 0.2) is 34.9 Å². The molecule has 3 nitrogen and oxygen atoms in total. The summed E-state index contributed by atoms with van der Waals surface area (Å²) in [5.41, 5.74) is 0.749. The lowest BCUT2D eigenvalue weighted by Crippen LogP contribution is -1.88. The normalized spacial score (nSPS) is 10.3. The van der Waals surface area contributed by atoms with E-state index < -0.39 is 0 Å². The lowest BCUT2D eigenvalue weighted by molar-refractivity contribution is 0.453. The summed E-state index contributed by atoms with van der Waals surface area (Å²) in [4.78, 5) is 7.95. The Kier molecular flexibility index (Phi) is 2.88. The molecule has 5 heteroatoms. The highest BCUT2D eigenvalue weighted by molar-refractivity contribution is 9.10. The third-order valence-electron chi connectivity index (χ3n) is 1.81. The van der Waals surface area contributed by atoms with Gasteiger partial charge in [-0.1, -0.05) is 27.5 Å². The van der Waals surface area contributed by atoms with Gasteiger partial charge in [0.2, 0.25) is 5.88 Å². The van der Waals surface area contributed by atoms with Crippen molar-refractivity contribution in [2.45, 2.75) is 0 Å². The van der Waals surface area contributed by atoms with Gasteiger partial charge in [-0.15, -0.1) is 0 Å². The molecule has 0 amide bonds. The third-order valence-corrected chi connectivity index (χ3v) is 2.74. The number of nitrogens with zero attached hydrogens (tertiary/aromatic N) is 2. The first-order valence-corrected chi connectivity index (χ1v) is 5.31. The Hall–Kier alpha value is -1.13. The van der Waals surface area contributed by atoms with Crippen molar-refractivity contribution in [1.82, 2.24) is 9.97 Å². The molecular weight excluding hydrogens is 279 g/mol. The molecule has 2 aromatic rings. The summed E-state index contributed by atoms with van der Waals surface area (Å²) in [7, 11) is 0. The fourth-order valence-corrected chi connectivity index (χ4v) is 1.74. The van der Waals surface area contributed by atoms with Crippen LogP contribution in [0.3, 0.4) is 0 Å². The zero-order chi connectivity index (χ0) is 10.8. The quantitative estimate of drug-likeness (QED) is 0.875. The fourth-order valence-electron chi connectivity index (χ4n) is 1.15. The zero-order valence-corrected chi connectivity index (χ0v) is 9.83. The van der Waals surface area contributed by atoms with Crippen molar-refractivity contribution in [3.8, 4) is 17.3 Å². The Balaban J connectivity index is 2.58. The van der Waals surface area contributed by atoms with Crippen molar-refractivity contribution in [2.75, 3.05) is 0 Å². The highest BCUT2D eigenvalue weighted by atomic mass is 79.9. The summed E-state index contributed by atoms with van der Waals surface area (Å²) >= 11 is 9.24. The van der Waals surface area contributed by atoms with Crippen molar-refractivity contribution >= 4 is 27.5 Å². The molecule has 2 rings (SSSR count). The molecule has 0 saturated heterocycles.